The SMILES string of the molecule is CC(CC1CCC1)Oc1ncccc1C(N)=O. The fourth-order valence-corrected chi connectivity index (χ4v) is 2.11. The molecule has 2 rings (SSSR count). The molecule has 4 heteroatoms. The predicted molar refractivity (Wildman–Crippen MR) is 64.8 cm³/mol. The Labute approximate surface area is 101 Å². The van der Waals surface area contributed by atoms with Crippen LogP contribution < -0.4 is 10.5 Å². The molecule has 1 atom stereocenters. The Hall–Kier alpha value is -1.58. The summed E-state index contributed by atoms with van der Waals surface area (Å²) in [5.74, 6) is 0.626. The van der Waals surface area contributed by atoms with Crippen molar-refractivity contribution in [3.05, 3.63) is 23.9 Å². The molecule has 2 N–H and O–H groups in total. The molecule has 17 heavy (non-hydrogen) atoms. The van der Waals surface area contributed by atoms with Gasteiger partial charge in [0.15, 0.2) is 0 Å². The van der Waals surface area contributed by atoms with E-state index < -0.39 is 5.91 Å². The van der Waals surface area contributed by atoms with Crippen molar-refractivity contribution < 1.29 is 9.53 Å². The Bertz CT molecular complexity index is 402. The van der Waals surface area contributed by atoms with Crippen LogP contribution >= 0.6 is 0 Å². The molecule has 0 bridgehead atoms. The summed E-state index contributed by atoms with van der Waals surface area (Å²) in [5.41, 5.74) is 5.62. The number of primary amides is 1. The average molecular weight is 234 g/mol. The van der Waals surface area contributed by atoms with Crippen molar-refractivity contribution in [3.8, 4) is 5.88 Å². The third-order valence-corrected chi connectivity index (χ3v) is 3.24. The van der Waals surface area contributed by atoms with Gasteiger partial charge in [-0.3, -0.25) is 4.79 Å². The van der Waals surface area contributed by atoms with E-state index in [0.29, 0.717) is 11.4 Å². The lowest BCUT2D eigenvalue weighted by Crippen LogP contribution is -2.23. The van der Waals surface area contributed by atoms with E-state index in [0.717, 1.165) is 12.3 Å². The number of amides is 1. The first kappa shape index (κ1) is 11.9. The summed E-state index contributed by atoms with van der Waals surface area (Å²) in [4.78, 5) is 15.3. The zero-order valence-electron chi connectivity index (χ0n) is 10.1. The van der Waals surface area contributed by atoms with Crippen molar-refractivity contribution in [2.45, 2.75) is 38.7 Å². The molecule has 1 amide bonds. The van der Waals surface area contributed by atoms with Crippen LogP contribution in [0.4, 0.5) is 0 Å². The van der Waals surface area contributed by atoms with Crippen LogP contribution in [0.5, 0.6) is 5.88 Å². The summed E-state index contributed by atoms with van der Waals surface area (Å²) in [6.07, 6.45) is 6.62. The van der Waals surface area contributed by atoms with Crippen molar-refractivity contribution in [1.29, 1.82) is 0 Å². The van der Waals surface area contributed by atoms with Gasteiger partial charge in [0, 0.05) is 6.20 Å². The van der Waals surface area contributed by atoms with Gasteiger partial charge in [0.1, 0.15) is 5.56 Å². The smallest absolute Gasteiger partial charge is 0.254 e. The molecule has 1 aromatic heterocycles. The Kier molecular flexibility index (Phi) is 3.61. The number of hydrogen-bond donors (Lipinski definition) is 1. The van der Waals surface area contributed by atoms with Crippen molar-refractivity contribution in [3.63, 3.8) is 0 Å². The zero-order chi connectivity index (χ0) is 12.3. The molecule has 1 aliphatic carbocycles. The number of nitrogens with zero attached hydrogens (tertiary/aromatic N) is 1. The van der Waals surface area contributed by atoms with E-state index in [4.69, 9.17) is 10.5 Å². The lowest BCUT2D eigenvalue weighted by molar-refractivity contribution is 0.0987. The normalized spacial score (nSPS) is 17.2. The van der Waals surface area contributed by atoms with Gasteiger partial charge in [-0.1, -0.05) is 19.3 Å². The average Bonchev–Trinajstić information content (AvgIpc) is 2.24. The molecule has 1 aliphatic rings. The minimum absolute atomic E-state index is 0.0771. The third kappa shape index (κ3) is 2.96. The van der Waals surface area contributed by atoms with Gasteiger partial charge in [0.25, 0.3) is 5.91 Å². The number of aromatic nitrogens is 1. The molecule has 1 saturated carbocycles. The van der Waals surface area contributed by atoms with Gasteiger partial charge in [-0.2, -0.15) is 0 Å². The Morgan fingerprint density at radius 1 is 1.65 bits per heavy atom. The van der Waals surface area contributed by atoms with Crippen LogP contribution in [0.3, 0.4) is 0 Å². The minimum atomic E-state index is -0.496. The number of carbonyl (C=O) groups is 1. The van der Waals surface area contributed by atoms with E-state index in [1.165, 1.54) is 19.3 Å². The Morgan fingerprint density at radius 3 is 3.00 bits per heavy atom. The molecule has 0 saturated heterocycles. The summed E-state index contributed by atoms with van der Waals surface area (Å²) >= 11 is 0. The maximum absolute atomic E-state index is 11.2. The molecule has 1 fully saturated rings. The molecule has 0 aromatic carbocycles. The molecule has 0 radical (unpaired) electrons. The van der Waals surface area contributed by atoms with E-state index in [1.807, 2.05) is 6.92 Å². The number of hydrogen-bond acceptors (Lipinski definition) is 3. The lowest BCUT2D eigenvalue weighted by atomic mass is 9.82. The first-order chi connectivity index (χ1) is 8.16. The second kappa shape index (κ2) is 5.17. The van der Waals surface area contributed by atoms with Crippen molar-refractivity contribution in [1.82, 2.24) is 4.98 Å². The van der Waals surface area contributed by atoms with Gasteiger partial charge in [0.05, 0.1) is 6.10 Å². The van der Waals surface area contributed by atoms with Crippen LogP contribution in [0.15, 0.2) is 18.3 Å². The molecule has 1 unspecified atom stereocenters. The van der Waals surface area contributed by atoms with Crippen molar-refractivity contribution in [2.75, 3.05) is 0 Å². The summed E-state index contributed by atoms with van der Waals surface area (Å²) in [6, 6.07) is 3.32. The van der Waals surface area contributed by atoms with Crippen LogP contribution in [0.25, 0.3) is 0 Å². The van der Waals surface area contributed by atoms with Gasteiger partial charge >= 0.3 is 0 Å². The van der Waals surface area contributed by atoms with Crippen LogP contribution in [-0.2, 0) is 0 Å². The number of nitrogens with two attached hydrogens (primary N) is 1. The fourth-order valence-electron chi connectivity index (χ4n) is 2.11. The van der Waals surface area contributed by atoms with Gasteiger partial charge in [-0.15, -0.1) is 0 Å². The van der Waals surface area contributed by atoms with E-state index in [9.17, 15) is 4.79 Å². The first-order valence-electron chi connectivity index (χ1n) is 6.08. The minimum Gasteiger partial charge on any atom is -0.474 e. The lowest BCUT2D eigenvalue weighted by Gasteiger charge is -2.28. The van der Waals surface area contributed by atoms with Crippen LogP contribution in [0.1, 0.15) is 43.0 Å². The first-order valence-corrected chi connectivity index (χ1v) is 6.08. The van der Waals surface area contributed by atoms with Crippen molar-refractivity contribution in [2.24, 2.45) is 11.7 Å². The Morgan fingerprint density at radius 2 is 2.41 bits per heavy atom. The summed E-state index contributed by atoms with van der Waals surface area (Å²) in [7, 11) is 0. The molecule has 1 heterocycles. The van der Waals surface area contributed by atoms with E-state index >= 15 is 0 Å². The second-order valence-corrected chi connectivity index (χ2v) is 4.68. The highest BCUT2D eigenvalue weighted by atomic mass is 16.5. The maximum atomic E-state index is 11.2. The zero-order valence-corrected chi connectivity index (χ0v) is 10.1. The number of carbonyl (C=O) groups excluding carboxylic acids is 1. The molecule has 1 aromatic rings. The standard InChI is InChI=1S/C13H18N2O2/c1-9(8-10-4-2-5-10)17-13-11(12(14)16)6-3-7-15-13/h3,6-7,9-10H,2,4-5,8H2,1H3,(H2,14,16). The van der Waals surface area contributed by atoms with Crippen LogP contribution in [0.2, 0.25) is 0 Å². The summed E-state index contributed by atoms with van der Waals surface area (Å²) < 4.78 is 5.70. The predicted octanol–water partition coefficient (Wildman–Crippen LogP) is 2.14. The number of pyridine rings is 1. The quantitative estimate of drug-likeness (QED) is 0.848. The third-order valence-electron chi connectivity index (χ3n) is 3.24. The van der Waals surface area contributed by atoms with Crippen molar-refractivity contribution >= 4 is 5.91 Å². The monoisotopic (exact) mass is 234 g/mol. The van der Waals surface area contributed by atoms with E-state index in [-0.39, 0.29) is 6.10 Å². The molecule has 0 aliphatic heterocycles. The maximum Gasteiger partial charge on any atom is 0.254 e. The number of ether oxygens (including phenoxy) is 1. The van der Waals surface area contributed by atoms with Crippen LogP contribution in [0, 0.1) is 5.92 Å². The highest BCUT2D eigenvalue weighted by Gasteiger charge is 2.22. The number of rotatable bonds is 5. The van der Waals surface area contributed by atoms with Gasteiger partial charge in [-0.05, 0) is 31.4 Å². The Balaban J connectivity index is 1.99. The highest BCUT2D eigenvalue weighted by molar-refractivity contribution is 5.94. The summed E-state index contributed by atoms with van der Waals surface area (Å²) in [5, 5.41) is 0. The van der Waals surface area contributed by atoms with Crippen LogP contribution in [-0.4, -0.2) is 17.0 Å². The summed E-state index contributed by atoms with van der Waals surface area (Å²) in [6.45, 7) is 2.01. The molecule has 4 nitrogen and oxygen atoms in total. The molecule has 0 spiro atoms. The van der Waals surface area contributed by atoms with Gasteiger partial charge in [-0.25, -0.2) is 4.98 Å². The topological polar surface area (TPSA) is 65.2 Å². The second-order valence-electron chi connectivity index (χ2n) is 4.68. The highest BCUT2D eigenvalue weighted by Crippen LogP contribution is 2.31. The molecular weight excluding hydrogens is 216 g/mol. The van der Waals surface area contributed by atoms with Gasteiger partial charge < -0.3 is 10.5 Å². The van der Waals surface area contributed by atoms with E-state index in [1.54, 1.807) is 18.3 Å². The largest absolute Gasteiger partial charge is 0.474 e. The molecule has 92 valence electrons. The van der Waals surface area contributed by atoms with E-state index in [2.05, 4.69) is 4.98 Å². The molecular formula is C13H18N2O2. The fraction of sp³-hybridized carbons (Fsp3) is 0.538. The van der Waals surface area contributed by atoms with Gasteiger partial charge in [0.2, 0.25) is 5.88 Å².